The van der Waals surface area contributed by atoms with E-state index in [4.69, 9.17) is 23.2 Å². The highest BCUT2D eigenvalue weighted by molar-refractivity contribution is 6.37. The van der Waals surface area contributed by atoms with Crippen molar-refractivity contribution < 1.29 is 35.1 Å². The molecule has 28 heavy (non-hydrogen) atoms. The van der Waals surface area contributed by atoms with Gasteiger partial charge in [-0.3, -0.25) is 0 Å². The van der Waals surface area contributed by atoms with E-state index in [2.05, 4.69) is 15.4 Å². The lowest BCUT2D eigenvalue weighted by atomic mass is 10.2. The monoisotopic (exact) mass is 456 g/mol. The van der Waals surface area contributed by atoms with E-state index >= 15 is 0 Å². The smallest absolute Gasteiger partial charge is 0.354 e. The number of alkyl halides is 8. The molecule has 0 saturated carbocycles. The van der Waals surface area contributed by atoms with Gasteiger partial charge in [-0.25, -0.2) is 0 Å². The Bertz CT molecular complexity index is 837. The Balaban J connectivity index is 2.68. The van der Waals surface area contributed by atoms with Crippen LogP contribution in [0.3, 0.4) is 0 Å². The van der Waals surface area contributed by atoms with Gasteiger partial charge < -0.3 is 5.32 Å². The van der Waals surface area contributed by atoms with Gasteiger partial charge in [0.25, 0.3) is 0 Å². The molecule has 0 saturated heterocycles. The van der Waals surface area contributed by atoms with Gasteiger partial charge in [0.15, 0.2) is 0 Å². The van der Waals surface area contributed by atoms with Crippen LogP contribution in [0.15, 0.2) is 12.1 Å². The van der Waals surface area contributed by atoms with Crippen molar-refractivity contribution in [3.8, 4) is 5.69 Å². The van der Waals surface area contributed by atoms with Crippen LogP contribution in [-0.2, 0) is 12.1 Å². The summed E-state index contributed by atoms with van der Waals surface area (Å²) in [5.74, 6) is -7.92. The lowest BCUT2D eigenvalue weighted by Crippen LogP contribution is -2.35. The van der Waals surface area contributed by atoms with E-state index in [9.17, 15) is 35.1 Å². The molecule has 14 heteroatoms. The first-order valence-electron chi connectivity index (χ1n) is 7.42. The van der Waals surface area contributed by atoms with E-state index in [0.29, 0.717) is 23.2 Å². The zero-order chi connectivity index (χ0) is 21.5. The Kier molecular flexibility index (Phi) is 6.05. The predicted octanol–water partition coefficient (Wildman–Crippen LogP) is 6.07. The van der Waals surface area contributed by atoms with Crippen LogP contribution in [0.25, 0.3) is 5.69 Å². The largest absolute Gasteiger partial charge is 0.461 e. The summed E-state index contributed by atoms with van der Waals surface area (Å²) in [6, 6.07) is 0.880. The highest BCUT2D eigenvalue weighted by Gasteiger charge is 2.62. The third-order valence-electron chi connectivity index (χ3n) is 3.33. The van der Waals surface area contributed by atoms with Gasteiger partial charge in [-0.2, -0.15) is 44.8 Å². The van der Waals surface area contributed by atoms with E-state index in [-0.39, 0.29) is 6.54 Å². The molecule has 0 fully saturated rings. The van der Waals surface area contributed by atoms with Crippen LogP contribution in [0, 0.1) is 0 Å². The lowest BCUT2D eigenvalue weighted by molar-refractivity contribution is -0.292. The number of anilines is 1. The third-order valence-corrected chi connectivity index (χ3v) is 3.91. The van der Waals surface area contributed by atoms with E-state index < -0.39 is 51.3 Å². The first kappa shape index (κ1) is 22.5. The van der Waals surface area contributed by atoms with Gasteiger partial charge in [0, 0.05) is 6.54 Å². The standard InChI is InChI=1S/C14H10Cl2F8N4/c1-2-3-25-11-26-10(12(17,18)14(22,23)24)27-28(11)9-7(15)4-6(5-8(9)16)13(19,20)21/h4-5H,2-3H2,1H3,(H,25,26,27). The van der Waals surface area contributed by atoms with Crippen molar-refractivity contribution in [3.05, 3.63) is 33.6 Å². The molecular formula is C14H10Cl2F8N4. The number of nitrogens with one attached hydrogen (secondary N) is 1. The van der Waals surface area contributed by atoms with Gasteiger partial charge in [-0.05, 0) is 18.6 Å². The van der Waals surface area contributed by atoms with E-state index in [1.807, 2.05) is 0 Å². The number of hydrogen-bond donors (Lipinski definition) is 1. The molecule has 0 aliphatic carbocycles. The van der Waals surface area contributed by atoms with Gasteiger partial charge in [-0.15, -0.1) is 5.10 Å². The lowest BCUT2D eigenvalue weighted by Gasteiger charge is -2.16. The number of nitrogens with zero attached hydrogens (tertiary/aromatic N) is 3. The molecule has 0 aliphatic rings. The minimum atomic E-state index is -5.99. The first-order valence-corrected chi connectivity index (χ1v) is 8.18. The Morgan fingerprint density at radius 1 is 1.00 bits per heavy atom. The zero-order valence-corrected chi connectivity index (χ0v) is 15.2. The van der Waals surface area contributed by atoms with Crippen LogP contribution < -0.4 is 5.32 Å². The summed E-state index contributed by atoms with van der Waals surface area (Å²) in [6.45, 7) is 1.75. The molecule has 2 aromatic rings. The van der Waals surface area contributed by atoms with Crippen LogP contribution >= 0.6 is 23.2 Å². The Morgan fingerprint density at radius 3 is 1.96 bits per heavy atom. The van der Waals surface area contributed by atoms with Crippen molar-refractivity contribution in [2.75, 3.05) is 11.9 Å². The number of rotatable bonds is 5. The number of halogens is 10. The normalized spacial score (nSPS) is 13.1. The highest BCUT2D eigenvalue weighted by atomic mass is 35.5. The molecule has 156 valence electrons. The maximum absolute atomic E-state index is 13.6. The summed E-state index contributed by atoms with van der Waals surface area (Å²) >= 11 is 11.6. The molecule has 0 radical (unpaired) electrons. The van der Waals surface area contributed by atoms with Crippen LogP contribution in [0.2, 0.25) is 10.0 Å². The van der Waals surface area contributed by atoms with Crippen LogP contribution in [0.4, 0.5) is 41.1 Å². The number of aromatic nitrogens is 3. The van der Waals surface area contributed by atoms with Crippen LogP contribution in [0.1, 0.15) is 24.7 Å². The summed E-state index contributed by atoms with van der Waals surface area (Å²) in [5, 5.41) is 4.21. The van der Waals surface area contributed by atoms with Crippen molar-refractivity contribution in [3.63, 3.8) is 0 Å². The second-order valence-corrected chi connectivity index (χ2v) is 6.27. The van der Waals surface area contributed by atoms with Gasteiger partial charge >= 0.3 is 18.3 Å². The van der Waals surface area contributed by atoms with Gasteiger partial charge in [0.1, 0.15) is 5.69 Å². The molecule has 0 unspecified atom stereocenters. The minimum Gasteiger partial charge on any atom is -0.354 e. The predicted molar refractivity (Wildman–Crippen MR) is 85.1 cm³/mol. The average Bonchev–Trinajstić information content (AvgIpc) is 2.94. The fourth-order valence-corrected chi connectivity index (χ4v) is 2.66. The fourth-order valence-electron chi connectivity index (χ4n) is 2.01. The Labute approximate surface area is 162 Å². The molecule has 1 aromatic heterocycles. The molecule has 0 bridgehead atoms. The zero-order valence-electron chi connectivity index (χ0n) is 13.7. The molecule has 1 N–H and O–H groups in total. The minimum absolute atomic E-state index is 0.0889. The van der Waals surface area contributed by atoms with E-state index in [0.717, 1.165) is 0 Å². The molecule has 2 rings (SSSR count). The quantitative estimate of drug-likeness (QED) is 0.555. The van der Waals surface area contributed by atoms with Crippen molar-refractivity contribution in [2.45, 2.75) is 31.6 Å². The van der Waals surface area contributed by atoms with Gasteiger partial charge in [0.05, 0.1) is 15.6 Å². The Morgan fingerprint density at radius 2 is 1.54 bits per heavy atom. The summed E-state index contributed by atoms with van der Waals surface area (Å²) in [4.78, 5) is 3.15. The second-order valence-electron chi connectivity index (χ2n) is 5.46. The van der Waals surface area contributed by atoms with Gasteiger partial charge in [0.2, 0.25) is 11.8 Å². The first-order chi connectivity index (χ1) is 12.7. The van der Waals surface area contributed by atoms with E-state index in [1.165, 1.54) is 0 Å². The molecule has 0 spiro atoms. The SMILES string of the molecule is CCCNc1nc(C(F)(F)C(F)(F)F)nn1-c1c(Cl)cc(C(F)(F)F)cc1Cl. The van der Waals surface area contributed by atoms with Crippen LogP contribution in [0.5, 0.6) is 0 Å². The second kappa shape index (κ2) is 7.54. The maximum atomic E-state index is 13.6. The van der Waals surface area contributed by atoms with Crippen LogP contribution in [-0.4, -0.2) is 27.5 Å². The Hall–Kier alpha value is -1.82. The van der Waals surface area contributed by atoms with Crippen molar-refractivity contribution in [1.82, 2.24) is 14.8 Å². The molecule has 0 aliphatic heterocycles. The maximum Gasteiger partial charge on any atom is 0.461 e. The van der Waals surface area contributed by atoms with Crippen molar-refractivity contribution in [2.24, 2.45) is 0 Å². The molecule has 0 amide bonds. The fraction of sp³-hybridized carbons (Fsp3) is 0.429. The number of hydrogen-bond acceptors (Lipinski definition) is 3. The summed E-state index contributed by atoms with van der Waals surface area (Å²) in [5.41, 5.74) is -1.78. The summed E-state index contributed by atoms with van der Waals surface area (Å²) < 4.78 is 104. The van der Waals surface area contributed by atoms with Crippen molar-refractivity contribution >= 4 is 29.2 Å². The molecule has 4 nitrogen and oxygen atoms in total. The van der Waals surface area contributed by atoms with Crippen molar-refractivity contribution in [1.29, 1.82) is 0 Å². The highest BCUT2D eigenvalue weighted by Crippen LogP contribution is 2.44. The molecule has 1 aromatic carbocycles. The van der Waals surface area contributed by atoms with Gasteiger partial charge in [-0.1, -0.05) is 30.1 Å². The third kappa shape index (κ3) is 4.27. The molecule has 1 heterocycles. The van der Waals surface area contributed by atoms with E-state index in [1.54, 1.807) is 6.92 Å². The number of benzene rings is 1. The summed E-state index contributed by atoms with van der Waals surface area (Å²) in [7, 11) is 0. The average molecular weight is 457 g/mol. The molecular weight excluding hydrogens is 447 g/mol. The molecule has 0 atom stereocenters. The summed E-state index contributed by atoms with van der Waals surface area (Å²) in [6.07, 6.45) is -10.4. The topological polar surface area (TPSA) is 42.7 Å².